The van der Waals surface area contributed by atoms with Crippen molar-refractivity contribution in [2.45, 2.75) is 31.8 Å². The SMILES string of the molecule is N=C(N)CC1(COC2CCOC2)CC1. The Labute approximate surface area is 84.3 Å². The standard InChI is InChI=1S/C10H18N2O2/c11-9(12)5-10(2-3-10)7-14-8-1-4-13-6-8/h8H,1-7H2,(H3,11,12). The summed E-state index contributed by atoms with van der Waals surface area (Å²) in [6.45, 7) is 2.31. The molecule has 0 spiro atoms. The summed E-state index contributed by atoms with van der Waals surface area (Å²) in [6, 6.07) is 0. The van der Waals surface area contributed by atoms with Crippen LogP contribution in [0.5, 0.6) is 0 Å². The van der Waals surface area contributed by atoms with Crippen molar-refractivity contribution in [2.75, 3.05) is 19.8 Å². The summed E-state index contributed by atoms with van der Waals surface area (Å²) in [4.78, 5) is 0. The van der Waals surface area contributed by atoms with E-state index in [1.807, 2.05) is 0 Å². The number of amidine groups is 1. The highest BCUT2D eigenvalue weighted by atomic mass is 16.5. The maximum absolute atomic E-state index is 7.28. The topological polar surface area (TPSA) is 68.3 Å². The molecule has 2 rings (SSSR count). The van der Waals surface area contributed by atoms with Crippen LogP contribution in [0.25, 0.3) is 0 Å². The molecule has 1 saturated carbocycles. The molecule has 0 bridgehead atoms. The fourth-order valence-electron chi connectivity index (χ4n) is 1.89. The Morgan fingerprint density at radius 1 is 1.57 bits per heavy atom. The summed E-state index contributed by atoms with van der Waals surface area (Å²) in [7, 11) is 0. The molecule has 1 saturated heterocycles. The van der Waals surface area contributed by atoms with Gasteiger partial charge in [0, 0.05) is 18.4 Å². The van der Waals surface area contributed by atoms with E-state index >= 15 is 0 Å². The number of hydrogen-bond acceptors (Lipinski definition) is 3. The third-order valence-electron chi connectivity index (χ3n) is 3.04. The Bertz CT molecular complexity index is 220. The van der Waals surface area contributed by atoms with Gasteiger partial charge in [0.05, 0.1) is 25.2 Å². The minimum atomic E-state index is 0.203. The van der Waals surface area contributed by atoms with Crippen molar-refractivity contribution in [2.24, 2.45) is 11.1 Å². The van der Waals surface area contributed by atoms with Gasteiger partial charge in [-0.1, -0.05) is 0 Å². The largest absolute Gasteiger partial charge is 0.388 e. The van der Waals surface area contributed by atoms with E-state index in [0.717, 1.165) is 39.1 Å². The van der Waals surface area contributed by atoms with Gasteiger partial charge in [0.1, 0.15) is 0 Å². The molecule has 3 N–H and O–H groups in total. The van der Waals surface area contributed by atoms with Gasteiger partial charge in [-0.15, -0.1) is 0 Å². The minimum absolute atomic E-state index is 0.203. The van der Waals surface area contributed by atoms with Crippen LogP contribution in [0.2, 0.25) is 0 Å². The van der Waals surface area contributed by atoms with Crippen molar-refractivity contribution >= 4 is 5.84 Å². The van der Waals surface area contributed by atoms with Crippen molar-refractivity contribution in [3.05, 3.63) is 0 Å². The highest BCUT2D eigenvalue weighted by molar-refractivity contribution is 5.78. The molecule has 0 amide bonds. The van der Waals surface area contributed by atoms with Crippen LogP contribution in [0.1, 0.15) is 25.7 Å². The monoisotopic (exact) mass is 198 g/mol. The van der Waals surface area contributed by atoms with Gasteiger partial charge in [-0.3, -0.25) is 5.41 Å². The molecule has 4 nitrogen and oxygen atoms in total. The zero-order chi connectivity index (χ0) is 10.0. The van der Waals surface area contributed by atoms with Gasteiger partial charge < -0.3 is 15.2 Å². The Balaban J connectivity index is 1.71. The summed E-state index contributed by atoms with van der Waals surface area (Å²) < 4.78 is 11.0. The fraction of sp³-hybridized carbons (Fsp3) is 0.900. The summed E-state index contributed by atoms with van der Waals surface area (Å²) >= 11 is 0. The second-order valence-electron chi connectivity index (χ2n) is 4.50. The molecule has 0 aromatic heterocycles. The van der Waals surface area contributed by atoms with Crippen LogP contribution >= 0.6 is 0 Å². The average molecular weight is 198 g/mol. The van der Waals surface area contributed by atoms with Crippen LogP contribution in [0.15, 0.2) is 0 Å². The van der Waals surface area contributed by atoms with Gasteiger partial charge in [0.2, 0.25) is 0 Å². The first-order valence-corrected chi connectivity index (χ1v) is 5.22. The predicted molar refractivity (Wildman–Crippen MR) is 53.4 cm³/mol. The molecular formula is C10H18N2O2. The molecule has 2 aliphatic rings. The molecule has 1 atom stereocenters. The zero-order valence-corrected chi connectivity index (χ0v) is 8.42. The molecule has 0 radical (unpaired) electrons. The third kappa shape index (κ3) is 2.45. The van der Waals surface area contributed by atoms with Gasteiger partial charge in [-0.2, -0.15) is 0 Å². The number of rotatable bonds is 5. The van der Waals surface area contributed by atoms with E-state index in [1.165, 1.54) is 0 Å². The lowest BCUT2D eigenvalue weighted by atomic mass is 10.0. The van der Waals surface area contributed by atoms with Gasteiger partial charge in [0.15, 0.2) is 0 Å². The molecule has 80 valence electrons. The molecule has 1 unspecified atom stereocenters. The van der Waals surface area contributed by atoms with Crippen molar-refractivity contribution in [3.63, 3.8) is 0 Å². The summed E-state index contributed by atoms with van der Waals surface area (Å²) in [5, 5.41) is 7.28. The van der Waals surface area contributed by atoms with Crippen LogP contribution < -0.4 is 5.73 Å². The minimum Gasteiger partial charge on any atom is -0.388 e. The average Bonchev–Trinajstić information content (AvgIpc) is 2.68. The maximum atomic E-state index is 7.28. The molecule has 4 heteroatoms. The van der Waals surface area contributed by atoms with Crippen molar-refractivity contribution in [1.82, 2.24) is 0 Å². The van der Waals surface area contributed by atoms with Gasteiger partial charge >= 0.3 is 0 Å². The van der Waals surface area contributed by atoms with E-state index < -0.39 is 0 Å². The highest BCUT2D eigenvalue weighted by Crippen LogP contribution is 2.49. The molecule has 1 aliphatic heterocycles. The number of hydrogen-bond donors (Lipinski definition) is 2. The zero-order valence-electron chi connectivity index (χ0n) is 8.42. The van der Waals surface area contributed by atoms with Crippen LogP contribution in [0, 0.1) is 10.8 Å². The smallest absolute Gasteiger partial charge is 0.0911 e. The summed E-state index contributed by atoms with van der Waals surface area (Å²) in [5.74, 6) is 0.286. The number of nitrogens with one attached hydrogen (secondary N) is 1. The van der Waals surface area contributed by atoms with Gasteiger partial charge in [-0.25, -0.2) is 0 Å². The molecular weight excluding hydrogens is 180 g/mol. The Hall–Kier alpha value is -0.610. The predicted octanol–water partition coefficient (Wildman–Crippen LogP) is 0.898. The second kappa shape index (κ2) is 3.87. The molecule has 0 aromatic rings. The Morgan fingerprint density at radius 2 is 2.36 bits per heavy atom. The molecule has 14 heavy (non-hydrogen) atoms. The Kier molecular flexibility index (Phi) is 2.74. The van der Waals surface area contributed by atoms with Crippen LogP contribution in [-0.4, -0.2) is 31.8 Å². The first-order valence-electron chi connectivity index (χ1n) is 5.22. The lowest BCUT2D eigenvalue weighted by molar-refractivity contribution is 0.0171. The van der Waals surface area contributed by atoms with Crippen LogP contribution in [-0.2, 0) is 9.47 Å². The second-order valence-corrected chi connectivity index (χ2v) is 4.50. The van der Waals surface area contributed by atoms with Gasteiger partial charge in [-0.05, 0) is 19.3 Å². The third-order valence-corrected chi connectivity index (χ3v) is 3.04. The van der Waals surface area contributed by atoms with Crippen LogP contribution in [0.4, 0.5) is 0 Å². The highest BCUT2D eigenvalue weighted by Gasteiger charge is 2.43. The van der Waals surface area contributed by atoms with E-state index in [1.54, 1.807) is 0 Å². The lowest BCUT2D eigenvalue weighted by Crippen LogP contribution is -2.24. The summed E-state index contributed by atoms with van der Waals surface area (Å²) in [6.07, 6.45) is 4.29. The fourth-order valence-corrected chi connectivity index (χ4v) is 1.89. The van der Waals surface area contributed by atoms with E-state index in [-0.39, 0.29) is 17.4 Å². The lowest BCUT2D eigenvalue weighted by Gasteiger charge is -2.17. The number of ether oxygens (including phenoxy) is 2. The molecule has 0 aromatic carbocycles. The molecule has 1 heterocycles. The van der Waals surface area contributed by atoms with Crippen molar-refractivity contribution < 1.29 is 9.47 Å². The van der Waals surface area contributed by atoms with Crippen molar-refractivity contribution in [1.29, 1.82) is 5.41 Å². The van der Waals surface area contributed by atoms with E-state index in [0.29, 0.717) is 6.42 Å². The maximum Gasteiger partial charge on any atom is 0.0911 e. The summed E-state index contributed by atoms with van der Waals surface area (Å²) in [5.41, 5.74) is 5.61. The molecule has 2 fully saturated rings. The quantitative estimate of drug-likeness (QED) is 0.509. The first kappa shape index (κ1) is 9.93. The Morgan fingerprint density at radius 3 is 2.86 bits per heavy atom. The van der Waals surface area contributed by atoms with E-state index in [4.69, 9.17) is 20.6 Å². The van der Waals surface area contributed by atoms with Crippen LogP contribution in [0.3, 0.4) is 0 Å². The van der Waals surface area contributed by atoms with E-state index in [9.17, 15) is 0 Å². The van der Waals surface area contributed by atoms with E-state index in [2.05, 4.69) is 0 Å². The first-order chi connectivity index (χ1) is 6.70. The normalized spacial score (nSPS) is 29.0. The van der Waals surface area contributed by atoms with Gasteiger partial charge in [0.25, 0.3) is 0 Å². The number of nitrogens with two attached hydrogens (primary N) is 1. The molecule has 1 aliphatic carbocycles. The van der Waals surface area contributed by atoms with Crippen molar-refractivity contribution in [3.8, 4) is 0 Å².